The van der Waals surface area contributed by atoms with Crippen LogP contribution < -0.4 is 0 Å². The van der Waals surface area contributed by atoms with E-state index in [1.807, 2.05) is 0 Å². The first-order chi connectivity index (χ1) is 5.86. The predicted octanol–water partition coefficient (Wildman–Crippen LogP) is 1.58. The molecule has 0 aliphatic rings. The lowest BCUT2D eigenvalue weighted by molar-refractivity contribution is 0.474. The van der Waals surface area contributed by atoms with E-state index in [9.17, 15) is 0 Å². The first-order valence-corrected chi connectivity index (χ1v) is 3.57. The largest absolute Gasteiger partial charge is 0.507 e. The molecule has 12 heavy (non-hydrogen) atoms. The number of rotatable bonds is 1. The van der Waals surface area contributed by atoms with Gasteiger partial charge in [-0.2, -0.15) is 0 Å². The highest BCUT2D eigenvalue weighted by Crippen LogP contribution is 2.16. The molecule has 0 spiro atoms. The van der Waals surface area contributed by atoms with Gasteiger partial charge in [-0.15, -0.1) is 0 Å². The molecule has 0 bridgehead atoms. The molecule has 0 saturated heterocycles. The van der Waals surface area contributed by atoms with Crippen molar-refractivity contribution < 1.29 is 5.11 Å². The summed E-state index contributed by atoms with van der Waals surface area (Å²) in [6, 6.07) is 7.74. The van der Waals surface area contributed by atoms with E-state index < -0.39 is 0 Å². The van der Waals surface area contributed by atoms with E-state index in [1.165, 1.54) is 0 Å². The Labute approximate surface area is 69.7 Å². The topological polar surface area (TPSA) is 48.9 Å². The molecule has 3 nitrogen and oxygen atoms in total. The zero-order valence-corrected chi connectivity index (χ0v) is 6.28. The second-order valence-corrected chi connectivity index (χ2v) is 2.40. The Balaban J connectivity index is 2.43. The molecule has 59 valence electrons. The molecule has 3 heteroatoms. The fourth-order valence-corrected chi connectivity index (χ4v) is 0.987. The molecule has 1 radical (unpaired) electrons. The standard InChI is InChI=1S/C9H7N2O/c12-8-3-1-7(2-4-8)9-10-5-6-11-9/h1-3,5-6,12H,(H,10,11). The summed E-state index contributed by atoms with van der Waals surface area (Å²) in [6.07, 6.45) is 3.43. The van der Waals surface area contributed by atoms with Crippen LogP contribution in [-0.4, -0.2) is 15.1 Å². The van der Waals surface area contributed by atoms with E-state index in [2.05, 4.69) is 16.0 Å². The minimum absolute atomic E-state index is 0.144. The second kappa shape index (κ2) is 2.70. The Morgan fingerprint density at radius 3 is 2.92 bits per heavy atom. The fraction of sp³-hybridized carbons (Fsp3) is 0. The van der Waals surface area contributed by atoms with Crippen molar-refractivity contribution >= 4 is 0 Å². The second-order valence-electron chi connectivity index (χ2n) is 2.40. The average Bonchev–Trinajstić information content (AvgIpc) is 2.58. The summed E-state index contributed by atoms with van der Waals surface area (Å²) in [6.45, 7) is 0. The third-order valence-electron chi connectivity index (χ3n) is 1.57. The Hall–Kier alpha value is -1.77. The molecule has 0 unspecified atom stereocenters. The van der Waals surface area contributed by atoms with Gasteiger partial charge in [-0.1, -0.05) is 0 Å². The zero-order chi connectivity index (χ0) is 8.39. The summed E-state index contributed by atoms with van der Waals surface area (Å²) in [5, 5.41) is 8.97. The van der Waals surface area contributed by atoms with E-state index in [4.69, 9.17) is 5.11 Å². The van der Waals surface area contributed by atoms with Gasteiger partial charge in [-0.25, -0.2) is 4.98 Å². The van der Waals surface area contributed by atoms with Gasteiger partial charge in [0.2, 0.25) is 0 Å². The normalized spacial score (nSPS) is 10.0. The van der Waals surface area contributed by atoms with Crippen LogP contribution in [0.1, 0.15) is 0 Å². The van der Waals surface area contributed by atoms with Crippen molar-refractivity contribution in [1.82, 2.24) is 9.97 Å². The molecule has 0 amide bonds. The molecule has 2 rings (SSSR count). The van der Waals surface area contributed by atoms with Gasteiger partial charge in [-0.3, -0.25) is 0 Å². The average molecular weight is 159 g/mol. The molecular formula is C9H7N2O. The number of aromatic hydroxyl groups is 1. The maximum atomic E-state index is 8.97. The number of phenols is 1. The van der Waals surface area contributed by atoms with Gasteiger partial charge in [0.1, 0.15) is 11.6 Å². The summed E-state index contributed by atoms with van der Waals surface area (Å²) in [7, 11) is 0. The first-order valence-electron chi connectivity index (χ1n) is 3.57. The van der Waals surface area contributed by atoms with Gasteiger partial charge in [-0.05, 0) is 18.2 Å². The van der Waals surface area contributed by atoms with E-state index in [0.717, 1.165) is 11.4 Å². The highest BCUT2D eigenvalue weighted by Gasteiger charge is 1.97. The molecule has 1 aromatic heterocycles. The monoisotopic (exact) mass is 159 g/mol. The van der Waals surface area contributed by atoms with Gasteiger partial charge in [0.25, 0.3) is 0 Å². The van der Waals surface area contributed by atoms with Crippen LogP contribution >= 0.6 is 0 Å². The summed E-state index contributed by atoms with van der Waals surface area (Å²) >= 11 is 0. The van der Waals surface area contributed by atoms with Gasteiger partial charge >= 0.3 is 0 Å². The number of hydrogen-bond donors (Lipinski definition) is 2. The smallest absolute Gasteiger partial charge is 0.137 e. The molecule has 0 aliphatic heterocycles. The van der Waals surface area contributed by atoms with Crippen molar-refractivity contribution in [2.75, 3.05) is 0 Å². The minimum Gasteiger partial charge on any atom is -0.507 e. The van der Waals surface area contributed by atoms with Crippen LogP contribution in [0.5, 0.6) is 5.75 Å². The third kappa shape index (κ3) is 1.16. The first kappa shape index (κ1) is 6.91. The van der Waals surface area contributed by atoms with Gasteiger partial charge < -0.3 is 10.1 Å². The van der Waals surface area contributed by atoms with Crippen molar-refractivity contribution in [1.29, 1.82) is 0 Å². The third-order valence-corrected chi connectivity index (χ3v) is 1.57. The summed E-state index contributed by atoms with van der Waals surface area (Å²) in [4.78, 5) is 7.02. The van der Waals surface area contributed by atoms with E-state index in [-0.39, 0.29) is 5.75 Å². The van der Waals surface area contributed by atoms with Crippen LogP contribution in [0.2, 0.25) is 0 Å². The van der Waals surface area contributed by atoms with Crippen LogP contribution in [0.4, 0.5) is 0 Å². The molecule has 0 fully saturated rings. The van der Waals surface area contributed by atoms with E-state index in [0.29, 0.717) is 0 Å². The molecular weight excluding hydrogens is 152 g/mol. The highest BCUT2D eigenvalue weighted by atomic mass is 16.3. The van der Waals surface area contributed by atoms with Crippen molar-refractivity contribution in [2.45, 2.75) is 0 Å². The van der Waals surface area contributed by atoms with Crippen molar-refractivity contribution in [3.05, 3.63) is 36.7 Å². The molecule has 0 atom stereocenters. The van der Waals surface area contributed by atoms with Gasteiger partial charge in [0, 0.05) is 24.0 Å². The number of aromatic nitrogens is 2. The molecule has 1 aromatic carbocycles. The van der Waals surface area contributed by atoms with Crippen molar-refractivity contribution in [3.63, 3.8) is 0 Å². The maximum Gasteiger partial charge on any atom is 0.137 e. The number of H-pyrrole nitrogens is 1. The van der Waals surface area contributed by atoms with Crippen LogP contribution in [-0.2, 0) is 0 Å². The summed E-state index contributed by atoms with van der Waals surface area (Å²) < 4.78 is 0. The minimum atomic E-state index is 0.144. The zero-order valence-electron chi connectivity index (χ0n) is 6.28. The van der Waals surface area contributed by atoms with E-state index >= 15 is 0 Å². The van der Waals surface area contributed by atoms with E-state index in [1.54, 1.807) is 30.6 Å². The van der Waals surface area contributed by atoms with Crippen molar-refractivity contribution in [2.24, 2.45) is 0 Å². The Kier molecular flexibility index (Phi) is 1.55. The molecule has 2 N–H and O–H groups in total. The maximum absolute atomic E-state index is 8.97. The molecule has 0 aliphatic carbocycles. The summed E-state index contributed by atoms with van der Waals surface area (Å²) in [5.41, 5.74) is 0.915. The Bertz CT molecular complexity index is 351. The number of nitrogens with one attached hydrogen (secondary N) is 1. The number of benzene rings is 1. The molecule has 2 aromatic rings. The van der Waals surface area contributed by atoms with Gasteiger partial charge in [0.15, 0.2) is 0 Å². The van der Waals surface area contributed by atoms with Crippen LogP contribution in [0, 0.1) is 6.07 Å². The lowest BCUT2D eigenvalue weighted by Crippen LogP contribution is -1.78. The Morgan fingerprint density at radius 2 is 2.33 bits per heavy atom. The number of aromatic amines is 1. The molecule has 1 heterocycles. The summed E-state index contributed by atoms with van der Waals surface area (Å²) in [5.74, 6) is 0.927. The number of imidazole rings is 1. The predicted molar refractivity (Wildman–Crippen MR) is 44.5 cm³/mol. The quantitative estimate of drug-likeness (QED) is 0.663. The van der Waals surface area contributed by atoms with Gasteiger partial charge in [0.05, 0.1) is 0 Å². The number of phenolic OH excluding ortho intramolecular Hbond substituents is 1. The SMILES string of the molecule is Oc1[c]cc(-c2ncc[nH]2)cc1. The fourth-order valence-electron chi connectivity index (χ4n) is 0.987. The van der Waals surface area contributed by atoms with Crippen LogP contribution in [0.25, 0.3) is 11.4 Å². The van der Waals surface area contributed by atoms with Crippen LogP contribution in [0.15, 0.2) is 30.6 Å². The highest BCUT2D eigenvalue weighted by molar-refractivity contribution is 5.55. The lowest BCUT2D eigenvalue weighted by Gasteiger charge is -1.95. The molecule has 0 saturated carbocycles. The van der Waals surface area contributed by atoms with Crippen LogP contribution in [0.3, 0.4) is 0 Å². The number of nitrogens with zero attached hydrogens (tertiary/aromatic N) is 1. The Morgan fingerprint density at radius 1 is 1.42 bits per heavy atom. The number of hydrogen-bond acceptors (Lipinski definition) is 2. The van der Waals surface area contributed by atoms with Crippen molar-refractivity contribution in [3.8, 4) is 17.1 Å². The lowest BCUT2D eigenvalue weighted by atomic mass is 10.2.